The van der Waals surface area contributed by atoms with Crippen LogP contribution in [0.2, 0.25) is 5.02 Å². The van der Waals surface area contributed by atoms with Gasteiger partial charge in [0.05, 0.1) is 5.69 Å². The number of thioether (sulfide) groups is 1. The van der Waals surface area contributed by atoms with Crippen LogP contribution in [0.5, 0.6) is 11.6 Å². The van der Waals surface area contributed by atoms with Gasteiger partial charge in [-0.25, -0.2) is 4.98 Å². The van der Waals surface area contributed by atoms with E-state index >= 15 is 0 Å². The largest absolute Gasteiger partial charge is 0.439 e. The number of nitrogens with zero attached hydrogens (tertiary/aromatic N) is 2. The maximum absolute atomic E-state index is 6.25. The number of benzene rings is 2. The van der Waals surface area contributed by atoms with Crippen molar-refractivity contribution < 1.29 is 4.74 Å². The van der Waals surface area contributed by atoms with Crippen LogP contribution in [0.15, 0.2) is 65.8 Å². The highest BCUT2D eigenvalue weighted by Crippen LogP contribution is 2.30. The summed E-state index contributed by atoms with van der Waals surface area (Å²) in [6, 6.07) is 19.4. The van der Waals surface area contributed by atoms with E-state index in [0.29, 0.717) is 16.8 Å². The van der Waals surface area contributed by atoms with Gasteiger partial charge < -0.3 is 4.74 Å². The van der Waals surface area contributed by atoms with Gasteiger partial charge in [0.1, 0.15) is 5.75 Å². The molecule has 0 spiro atoms. The van der Waals surface area contributed by atoms with Crippen molar-refractivity contribution in [1.82, 2.24) is 9.97 Å². The summed E-state index contributed by atoms with van der Waals surface area (Å²) >= 11 is 7.81. The van der Waals surface area contributed by atoms with Gasteiger partial charge in [0.2, 0.25) is 5.88 Å². The Kier molecular flexibility index (Phi) is 5.84. The second-order valence-electron chi connectivity index (χ2n) is 6.92. The molecular weight excluding hydrogens is 364 g/mol. The molecule has 0 aliphatic carbocycles. The molecule has 0 atom stereocenters. The van der Waals surface area contributed by atoms with Crippen LogP contribution in [-0.4, -0.2) is 9.97 Å². The van der Waals surface area contributed by atoms with E-state index in [1.807, 2.05) is 60.7 Å². The van der Waals surface area contributed by atoms with Crippen LogP contribution in [0.3, 0.4) is 0 Å². The Labute approximate surface area is 163 Å². The van der Waals surface area contributed by atoms with Gasteiger partial charge in [-0.3, -0.25) is 0 Å². The standard InChI is InChI=1S/C21H21ClN2OS/c1-21(2,3)18-13-19(25-16-10-5-4-6-11-16)24-20(23-18)26-14-15-9-7-8-12-17(15)22/h4-13H,14H2,1-3H3. The Morgan fingerprint density at radius 2 is 1.65 bits per heavy atom. The molecule has 3 rings (SSSR count). The molecule has 3 nitrogen and oxygen atoms in total. The van der Waals surface area contributed by atoms with Crippen LogP contribution in [0.25, 0.3) is 0 Å². The maximum atomic E-state index is 6.25. The summed E-state index contributed by atoms with van der Waals surface area (Å²) < 4.78 is 5.94. The summed E-state index contributed by atoms with van der Waals surface area (Å²) in [5.74, 6) is 2.02. The molecule has 0 amide bonds. The van der Waals surface area contributed by atoms with E-state index in [-0.39, 0.29) is 5.41 Å². The summed E-state index contributed by atoms with van der Waals surface area (Å²) in [7, 11) is 0. The molecule has 5 heteroatoms. The van der Waals surface area contributed by atoms with Gasteiger partial charge in [0.15, 0.2) is 5.16 Å². The van der Waals surface area contributed by atoms with E-state index in [2.05, 4.69) is 25.8 Å². The van der Waals surface area contributed by atoms with Crippen LogP contribution >= 0.6 is 23.4 Å². The lowest BCUT2D eigenvalue weighted by Gasteiger charge is -2.19. The van der Waals surface area contributed by atoms with Crippen molar-refractivity contribution in [3.63, 3.8) is 0 Å². The van der Waals surface area contributed by atoms with Crippen molar-refractivity contribution in [2.45, 2.75) is 37.1 Å². The van der Waals surface area contributed by atoms with Gasteiger partial charge in [-0.05, 0) is 23.8 Å². The first-order valence-corrected chi connectivity index (χ1v) is 9.77. The van der Waals surface area contributed by atoms with Crippen LogP contribution in [0.1, 0.15) is 32.0 Å². The fraction of sp³-hybridized carbons (Fsp3) is 0.238. The summed E-state index contributed by atoms with van der Waals surface area (Å²) in [4.78, 5) is 9.29. The molecule has 1 aromatic heterocycles. The molecule has 0 N–H and O–H groups in total. The van der Waals surface area contributed by atoms with Crippen molar-refractivity contribution in [3.05, 3.63) is 76.9 Å². The first-order chi connectivity index (χ1) is 12.4. The highest BCUT2D eigenvalue weighted by atomic mass is 35.5. The van der Waals surface area contributed by atoms with Crippen molar-refractivity contribution >= 4 is 23.4 Å². The summed E-state index contributed by atoms with van der Waals surface area (Å²) in [5, 5.41) is 1.44. The van der Waals surface area contributed by atoms with Crippen molar-refractivity contribution in [2.24, 2.45) is 0 Å². The molecule has 134 valence electrons. The summed E-state index contributed by atoms with van der Waals surface area (Å²) in [6.45, 7) is 6.39. The highest BCUT2D eigenvalue weighted by Gasteiger charge is 2.19. The Hall–Kier alpha value is -2.04. The first-order valence-electron chi connectivity index (χ1n) is 8.40. The molecule has 2 aromatic carbocycles. The van der Waals surface area contributed by atoms with Gasteiger partial charge in [-0.1, -0.05) is 80.5 Å². The molecule has 26 heavy (non-hydrogen) atoms. The number of ether oxygens (including phenoxy) is 1. The molecule has 0 unspecified atom stereocenters. The lowest BCUT2D eigenvalue weighted by molar-refractivity contribution is 0.447. The van der Waals surface area contributed by atoms with E-state index in [1.165, 1.54) is 0 Å². The van der Waals surface area contributed by atoms with Gasteiger partial charge in [-0.2, -0.15) is 4.98 Å². The van der Waals surface area contributed by atoms with Gasteiger partial charge >= 0.3 is 0 Å². The second kappa shape index (κ2) is 8.11. The van der Waals surface area contributed by atoms with E-state index in [0.717, 1.165) is 22.0 Å². The zero-order valence-electron chi connectivity index (χ0n) is 15.1. The molecule has 0 aliphatic heterocycles. The topological polar surface area (TPSA) is 35.0 Å². The summed E-state index contributed by atoms with van der Waals surface area (Å²) in [5.41, 5.74) is 1.91. The van der Waals surface area contributed by atoms with Crippen LogP contribution < -0.4 is 4.74 Å². The Balaban J connectivity index is 1.86. The first kappa shape index (κ1) is 18.7. The molecule has 0 saturated heterocycles. The van der Waals surface area contributed by atoms with E-state index < -0.39 is 0 Å². The van der Waals surface area contributed by atoms with Crippen molar-refractivity contribution in [1.29, 1.82) is 0 Å². The predicted molar refractivity (Wildman–Crippen MR) is 108 cm³/mol. The molecule has 0 fully saturated rings. The Morgan fingerprint density at radius 3 is 2.35 bits per heavy atom. The third kappa shape index (κ3) is 4.99. The number of aromatic nitrogens is 2. The smallest absolute Gasteiger partial charge is 0.223 e. The second-order valence-corrected chi connectivity index (χ2v) is 8.27. The predicted octanol–water partition coefficient (Wildman–Crippen LogP) is 6.51. The van der Waals surface area contributed by atoms with Crippen LogP contribution in [0.4, 0.5) is 0 Å². The Morgan fingerprint density at radius 1 is 0.962 bits per heavy atom. The maximum Gasteiger partial charge on any atom is 0.223 e. The third-order valence-electron chi connectivity index (χ3n) is 3.73. The number of halogens is 1. The average molecular weight is 385 g/mol. The van der Waals surface area contributed by atoms with Crippen LogP contribution in [0, 0.1) is 0 Å². The van der Waals surface area contributed by atoms with Crippen molar-refractivity contribution in [3.8, 4) is 11.6 Å². The lowest BCUT2D eigenvalue weighted by Crippen LogP contribution is -2.14. The van der Waals surface area contributed by atoms with Gasteiger partial charge in [-0.15, -0.1) is 0 Å². The molecule has 1 heterocycles. The molecule has 3 aromatic rings. The SMILES string of the molecule is CC(C)(C)c1cc(Oc2ccccc2)nc(SCc2ccccc2Cl)n1. The number of rotatable bonds is 5. The van der Waals surface area contributed by atoms with Crippen LogP contribution in [-0.2, 0) is 11.2 Å². The molecule has 0 bridgehead atoms. The minimum atomic E-state index is -0.0998. The summed E-state index contributed by atoms with van der Waals surface area (Å²) in [6.07, 6.45) is 0. The zero-order valence-corrected chi connectivity index (χ0v) is 16.6. The molecular formula is C21H21ClN2OS. The number of para-hydroxylation sites is 1. The lowest BCUT2D eigenvalue weighted by atomic mass is 9.92. The normalized spacial score (nSPS) is 11.4. The quantitative estimate of drug-likeness (QED) is 0.371. The zero-order chi connectivity index (χ0) is 18.6. The van der Waals surface area contributed by atoms with E-state index in [1.54, 1.807) is 11.8 Å². The van der Waals surface area contributed by atoms with Gasteiger partial charge in [0, 0.05) is 22.3 Å². The van der Waals surface area contributed by atoms with E-state index in [4.69, 9.17) is 21.3 Å². The van der Waals surface area contributed by atoms with Crippen molar-refractivity contribution in [2.75, 3.05) is 0 Å². The molecule has 0 saturated carbocycles. The molecule has 0 aliphatic rings. The average Bonchev–Trinajstić information content (AvgIpc) is 2.61. The fourth-order valence-electron chi connectivity index (χ4n) is 2.27. The monoisotopic (exact) mass is 384 g/mol. The number of hydrogen-bond acceptors (Lipinski definition) is 4. The van der Waals surface area contributed by atoms with E-state index in [9.17, 15) is 0 Å². The fourth-order valence-corrected chi connectivity index (χ4v) is 3.41. The molecule has 0 radical (unpaired) electrons. The minimum Gasteiger partial charge on any atom is -0.439 e. The minimum absolute atomic E-state index is 0.0998. The Bertz CT molecular complexity index is 879. The number of hydrogen-bond donors (Lipinski definition) is 0. The van der Waals surface area contributed by atoms with Gasteiger partial charge in [0.25, 0.3) is 0 Å². The third-order valence-corrected chi connectivity index (χ3v) is 5.00. The highest BCUT2D eigenvalue weighted by molar-refractivity contribution is 7.98.